The minimum Gasteiger partial charge on any atom is -0.379 e. The van der Waals surface area contributed by atoms with Crippen LogP contribution in [0.1, 0.15) is 43.0 Å². The molecule has 1 saturated carbocycles. The lowest BCUT2D eigenvalue weighted by Crippen LogP contribution is -2.43. The minimum atomic E-state index is -0.781. The molecule has 1 amide bonds. The Kier molecular flexibility index (Phi) is 8.68. The number of carbonyl (C=O) groups excluding carboxylic acids is 1. The van der Waals surface area contributed by atoms with E-state index in [0.717, 1.165) is 42.7 Å². The molecule has 11 heteroatoms. The molecule has 194 valence electrons. The SMILES string of the molecule is CCOCCOCCn1ncc2c(Nc3nc(NC4CCCC[C@@H]4N)c(F)cc3C(N)=O)cccc21. The summed E-state index contributed by atoms with van der Waals surface area (Å²) in [5.41, 5.74) is 13.3. The number of rotatable bonds is 12. The molecule has 4 rings (SSSR count). The Morgan fingerprint density at radius 3 is 2.78 bits per heavy atom. The molecule has 0 radical (unpaired) electrons. The van der Waals surface area contributed by atoms with E-state index in [-0.39, 0.29) is 29.3 Å². The van der Waals surface area contributed by atoms with E-state index in [0.29, 0.717) is 38.7 Å². The molecule has 1 aliphatic rings. The van der Waals surface area contributed by atoms with Crippen molar-refractivity contribution in [1.82, 2.24) is 14.8 Å². The van der Waals surface area contributed by atoms with Gasteiger partial charge < -0.3 is 31.6 Å². The molecule has 0 saturated heterocycles. The molecular weight excluding hydrogens is 465 g/mol. The van der Waals surface area contributed by atoms with Crippen molar-refractivity contribution in [2.45, 2.75) is 51.2 Å². The summed E-state index contributed by atoms with van der Waals surface area (Å²) in [5, 5.41) is 11.6. The van der Waals surface area contributed by atoms with E-state index in [1.165, 1.54) is 0 Å². The molecule has 2 aromatic heterocycles. The second-order valence-electron chi connectivity index (χ2n) is 8.82. The fraction of sp³-hybridized carbons (Fsp3) is 0.480. The molecule has 36 heavy (non-hydrogen) atoms. The van der Waals surface area contributed by atoms with Gasteiger partial charge in [0.05, 0.1) is 49.3 Å². The van der Waals surface area contributed by atoms with Crippen LogP contribution in [-0.2, 0) is 16.0 Å². The number of carbonyl (C=O) groups is 1. The van der Waals surface area contributed by atoms with Crippen molar-refractivity contribution in [2.75, 3.05) is 37.1 Å². The zero-order chi connectivity index (χ0) is 25.5. The van der Waals surface area contributed by atoms with Crippen molar-refractivity contribution in [3.8, 4) is 0 Å². The molecule has 2 atom stereocenters. The van der Waals surface area contributed by atoms with Crippen LogP contribution in [0.2, 0.25) is 0 Å². The Labute approximate surface area is 209 Å². The van der Waals surface area contributed by atoms with Crippen LogP contribution in [-0.4, -0.2) is 59.2 Å². The molecule has 0 bridgehead atoms. The molecule has 1 unspecified atom stereocenters. The van der Waals surface area contributed by atoms with Gasteiger partial charge in [0.2, 0.25) is 0 Å². The second-order valence-corrected chi connectivity index (χ2v) is 8.82. The Balaban J connectivity index is 1.55. The van der Waals surface area contributed by atoms with Gasteiger partial charge in [0.25, 0.3) is 5.91 Å². The number of hydrogen-bond donors (Lipinski definition) is 4. The maximum atomic E-state index is 14.8. The fourth-order valence-corrected chi connectivity index (χ4v) is 4.42. The average molecular weight is 500 g/mol. The molecule has 0 aliphatic heterocycles. The van der Waals surface area contributed by atoms with Crippen LogP contribution in [0.25, 0.3) is 10.9 Å². The molecule has 6 N–H and O–H groups in total. The third-order valence-corrected chi connectivity index (χ3v) is 6.35. The highest BCUT2D eigenvalue weighted by Gasteiger charge is 2.24. The lowest BCUT2D eigenvalue weighted by molar-refractivity contribution is 0.0491. The normalized spacial score (nSPS) is 17.9. The van der Waals surface area contributed by atoms with Gasteiger partial charge in [-0.05, 0) is 38.0 Å². The van der Waals surface area contributed by atoms with Crippen LogP contribution in [0.3, 0.4) is 0 Å². The van der Waals surface area contributed by atoms with E-state index >= 15 is 0 Å². The first-order valence-corrected chi connectivity index (χ1v) is 12.4. The first-order valence-electron chi connectivity index (χ1n) is 12.4. The number of primary amides is 1. The summed E-state index contributed by atoms with van der Waals surface area (Å²) in [6.07, 6.45) is 5.50. The summed E-state index contributed by atoms with van der Waals surface area (Å²) < 4.78 is 27.6. The monoisotopic (exact) mass is 499 g/mol. The van der Waals surface area contributed by atoms with Crippen molar-refractivity contribution >= 4 is 34.1 Å². The Bertz CT molecular complexity index is 1190. The molecule has 1 aliphatic carbocycles. The number of pyridine rings is 1. The van der Waals surface area contributed by atoms with E-state index in [1.54, 1.807) is 6.20 Å². The van der Waals surface area contributed by atoms with Gasteiger partial charge in [0, 0.05) is 24.1 Å². The maximum absolute atomic E-state index is 14.8. The van der Waals surface area contributed by atoms with Crippen LogP contribution in [0, 0.1) is 5.82 Å². The van der Waals surface area contributed by atoms with E-state index in [4.69, 9.17) is 20.9 Å². The topological polar surface area (TPSA) is 142 Å². The van der Waals surface area contributed by atoms with Gasteiger partial charge in [-0.2, -0.15) is 5.10 Å². The predicted octanol–water partition coefficient (Wildman–Crippen LogP) is 3.15. The van der Waals surface area contributed by atoms with Gasteiger partial charge in [-0.25, -0.2) is 9.37 Å². The molecular formula is C25H34FN7O3. The summed E-state index contributed by atoms with van der Waals surface area (Å²) in [6.45, 7) is 4.74. The van der Waals surface area contributed by atoms with Gasteiger partial charge in [0.15, 0.2) is 11.6 Å². The van der Waals surface area contributed by atoms with Crippen LogP contribution >= 0.6 is 0 Å². The summed E-state index contributed by atoms with van der Waals surface area (Å²) >= 11 is 0. The van der Waals surface area contributed by atoms with Crippen molar-refractivity contribution in [2.24, 2.45) is 11.5 Å². The number of ether oxygens (including phenoxy) is 2. The Morgan fingerprint density at radius 1 is 1.19 bits per heavy atom. The highest BCUT2D eigenvalue weighted by atomic mass is 19.1. The third-order valence-electron chi connectivity index (χ3n) is 6.35. The van der Waals surface area contributed by atoms with Crippen LogP contribution in [0.15, 0.2) is 30.5 Å². The van der Waals surface area contributed by atoms with E-state index in [9.17, 15) is 9.18 Å². The number of amides is 1. The van der Waals surface area contributed by atoms with Crippen LogP contribution in [0.5, 0.6) is 0 Å². The average Bonchev–Trinajstić information content (AvgIpc) is 3.28. The number of aromatic nitrogens is 3. The van der Waals surface area contributed by atoms with Crippen molar-refractivity contribution in [3.63, 3.8) is 0 Å². The molecule has 2 heterocycles. The van der Waals surface area contributed by atoms with Gasteiger partial charge in [-0.15, -0.1) is 0 Å². The lowest BCUT2D eigenvalue weighted by atomic mass is 9.91. The van der Waals surface area contributed by atoms with Crippen molar-refractivity contribution in [3.05, 3.63) is 41.8 Å². The zero-order valence-electron chi connectivity index (χ0n) is 20.5. The highest BCUT2D eigenvalue weighted by molar-refractivity contribution is 6.00. The maximum Gasteiger partial charge on any atom is 0.252 e. The number of fused-ring (bicyclic) bond motifs is 1. The second kappa shape index (κ2) is 12.1. The van der Waals surface area contributed by atoms with Gasteiger partial charge in [-0.1, -0.05) is 18.9 Å². The summed E-state index contributed by atoms with van der Waals surface area (Å²) in [6, 6.07) is 6.58. The van der Waals surface area contributed by atoms with Crippen LogP contribution in [0.4, 0.5) is 21.7 Å². The number of halogens is 1. The third kappa shape index (κ3) is 6.10. The summed E-state index contributed by atoms with van der Waals surface area (Å²) in [7, 11) is 0. The number of hydrogen-bond acceptors (Lipinski definition) is 8. The van der Waals surface area contributed by atoms with Gasteiger partial charge in [-0.3, -0.25) is 9.48 Å². The lowest BCUT2D eigenvalue weighted by Gasteiger charge is -2.30. The first kappa shape index (κ1) is 25.8. The van der Waals surface area contributed by atoms with Crippen molar-refractivity contribution < 1.29 is 18.7 Å². The van der Waals surface area contributed by atoms with Crippen LogP contribution < -0.4 is 22.1 Å². The number of anilines is 3. The van der Waals surface area contributed by atoms with E-state index < -0.39 is 11.7 Å². The Hall–Kier alpha value is -3.28. The molecule has 1 aromatic carbocycles. The highest BCUT2D eigenvalue weighted by Crippen LogP contribution is 2.30. The largest absolute Gasteiger partial charge is 0.379 e. The minimum absolute atomic E-state index is 0.0388. The Morgan fingerprint density at radius 2 is 2.00 bits per heavy atom. The smallest absolute Gasteiger partial charge is 0.252 e. The fourth-order valence-electron chi connectivity index (χ4n) is 4.42. The van der Waals surface area contributed by atoms with Crippen molar-refractivity contribution in [1.29, 1.82) is 0 Å². The molecule has 10 nitrogen and oxygen atoms in total. The predicted molar refractivity (Wildman–Crippen MR) is 137 cm³/mol. The summed E-state index contributed by atoms with van der Waals surface area (Å²) in [5.74, 6) is -1.23. The van der Waals surface area contributed by atoms with Gasteiger partial charge >= 0.3 is 0 Å². The van der Waals surface area contributed by atoms with E-state index in [2.05, 4.69) is 20.7 Å². The molecule has 0 spiro atoms. The number of benzene rings is 1. The summed E-state index contributed by atoms with van der Waals surface area (Å²) in [4.78, 5) is 16.5. The standard InChI is InChI=1S/C25H34FN7O3/c1-2-35-12-13-36-11-10-33-22-9-5-8-20(17(22)15-29-33)30-24-16(23(28)34)14-18(26)25(32-24)31-21-7-4-3-6-19(21)27/h5,8-9,14-15,19,21H,2-4,6-7,10-13,27H2,1H3,(H2,28,34)(H2,30,31,32)/t19-,21?/m0/s1. The van der Waals surface area contributed by atoms with E-state index in [1.807, 2.05) is 29.8 Å². The first-order chi connectivity index (χ1) is 17.5. The number of nitrogens with zero attached hydrogens (tertiary/aromatic N) is 3. The zero-order valence-corrected chi connectivity index (χ0v) is 20.5. The molecule has 1 fully saturated rings. The number of nitrogens with two attached hydrogens (primary N) is 2. The van der Waals surface area contributed by atoms with Gasteiger partial charge in [0.1, 0.15) is 5.82 Å². The number of nitrogens with one attached hydrogen (secondary N) is 2. The molecule has 3 aromatic rings. The quantitative estimate of drug-likeness (QED) is 0.278.